The number of carboxylic acids is 1. The van der Waals surface area contributed by atoms with Crippen molar-refractivity contribution in [1.82, 2.24) is 10.2 Å². The highest BCUT2D eigenvalue weighted by Crippen LogP contribution is 2.14. The van der Waals surface area contributed by atoms with E-state index < -0.39 is 12.0 Å². The quantitative estimate of drug-likeness (QED) is 0.745. The summed E-state index contributed by atoms with van der Waals surface area (Å²) in [6.07, 6.45) is 0.975. The van der Waals surface area contributed by atoms with E-state index in [-0.39, 0.29) is 18.4 Å². The van der Waals surface area contributed by atoms with Crippen LogP contribution in [0.2, 0.25) is 0 Å². The first-order valence-corrected chi connectivity index (χ1v) is 8.86. The molecule has 2 unspecified atom stereocenters. The fraction of sp³-hybridized carbons (Fsp3) is 0.579. The molecule has 1 aliphatic heterocycles. The first-order valence-electron chi connectivity index (χ1n) is 8.86. The van der Waals surface area contributed by atoms with Gasteiger partial charge in [0.15, 0.2) is 0 Å². The van der Waals surface area contributed by atoms with Crippen LogP contribution < -0.4 is 5.32 Å². The van der Waals surface area contributed by atoms with Crippen LogP contribution in [-0.2, 0) is 20.7 Å². The molecule has 0 aromatic heterocycles. The molecular weight excluding hydrogens is 320 g/mol. The molecule has 25 heavy (non-hydrogen) atoms. The normalized spacial score (nSPS) is 17.9. The number of morpholine rings is 1. The maximum Gasteiger partial charge on any atom is 0.326 e. The van der Waals surface area contributed by atoms with Crippen molar-refractivity contribution in [2.45, 2.75) is 38.8 Å². The summed E-state index contributed by atoms with van der Waals surface area (Å²) in [4.78, 5) is 26.5. The summed E-state index contributed by atoms with van der Waals surface area (Å²) in [5.74, 6) is -0.877. The van der Waals surface area contributed by atoms with Crippen molar-refractivity contribution in [3.05, 3.63) is 35.9 Å². The number of amides is 1. The Bertz CT molecular complexity index is 556. The second kappa shape index (κ2) is 9.53. The molecule has 1 aromatic carbocycles. The SMILES string of the molecule is CC(C)CC(C(=O)NC(Cc1ccccc1)C(=O)O)N1CCOCC1. The van der Waals surface area contributed by atoms with Gasteiger partial charge in [-0.1, -0.05) is 44.2 Å². The molecule has 1 saturated heterocycles. The van der Waals surface area contributed by atoms with Crippen molar-refractivity contribution in [2.24, 2.45) is 5.92 Å². The van der Waals surface area contributed by atoms with E-state index in [9.17, 15) is 14.7 Å². The highest BCUT2D eigenvalue weighted by Gasteiger charge is 2.31. The lowest BCUT2D eigenvalue weighted by Crippen LogP contribution is -2.55. The smallest absolute Gasteiger partial charge is 0.326 e. The number of rotatable bonds is 8. The zero-order chi connectivity index (χ0) is 18.2. The van der Waals surface area contributed by atoms with Gasteiger partial charge in [0, 0.05) is 19.5 Å². The summed E-state index contributed by atoms with van der Waals surface area (Å²) >= 11 is 0. The van der Waals surface area contributed by atoms with Crippen molar-refractivity contribution in [3.63, 3.8) is 0 Å². The molecule has 138 valence electrons. The van der Waals surface area contributed by atoms with Crippen LogP contribution in [0.15, 0.2) is 30.3 Å². The van der Waals surface area contributed by atoms with Crippen molar-refractivity contribution in [2.75, 3.05) is 26.3 Å². The Morgan fingerprint density at radius 1 is 1.20 bits per heavy atom. The van der Waals surface area contributed by atoms with E-state index in [1.807, 2.05) is 30.3 Å². The number of aliphatic carboxylic acids is 1. The second-order valence-corrected chi connectivity index (χ2v) is 6.88. The number of benzene rings is 1. The van der Waals surface area contributed by atoms with Crippen LogP contribution in [0.25, 0.3) is 0 Å². The van der Waals surface area contributed by atoms with Crippen molar-refractivity contribution in [3.8, 4) is 0 Å². The minimum atomic E-state index is -1.01. The third-order valence-corrected chi connectivity index (χ3v) is 4.38. The molecule has 1 amide bonds. The number of carbonyl (C=O) groups excluding carboxylic acids is 1. The van der Waals surface area contributed by atoms with E-state index in [2.05, 4.69) is 24.1 Å². The van der Waals surface area contributed by atoms with Gasteiger partial charge in [-0.15, -0.1) is 0 Å². The number of hydrogen-bond donors (Lipinski definition) is 2. The van der Waals surface area contributed by atoms with E-state index in [0.717, 1.165) is 5.56 Å². The Morgan fingerprint density at radius 3 is 2.40 bits per heavy atom. The van der Waals surface area contributed by atoms with E-state index >= 15 is 0 Å². The number of ether oxygens (including phenoxy) is 1. The van der Waals surface area contributed by atoms with E-state index in [1.54, 1.807) is 0 Å². The second-order valence-electron chi connectivity index (χ2n) is 6.88. The molecule has 1 fully saturated rings. The van der Waals surface area contributed by atoms with Crippen LogP contribution in [0, 0.1) is 5.92 Å². The summed E-state index contributed by atoms with van der Waals surface area (Å²) in [5, 5.41) is 12.3. The van der Waals surface area contributed by atoms with Gasteiger partial charge in [0.1, 0.15) is 6.04 Å². The average Bonchev–Trinajstić information content (AvgIpc) is 2.60. The molecule has 0 aliphatic carbocycles. The zero-order valence-corrected chi connectivity index (χ0v) is 15.0. The Kier molecular flexibility index (Phi) is 7.40. The van der Waals surface area contributed by atoms with Gasteiger partial charge in [0.2, 0.25) is 5.91 Å². The summed E-state index contributed by atoms with van der Waals surface area (Å²) in [6.45, 7) is 6.74. The van der Waals surface area contributed by atoms with Crippen LogP contribution in [-0.4, -0.2) is 60.3 Å². The van der Waals surface area contributed by atoms with Crippen LogP contribution in [0.5, 0.6) is 0 Å². The third kappa shape index (κ3) is 6.14. The van der Waals surface area contributed by atoms with Gasteiger partial charge in [0.05, 0.1) is 19.3 Å². The number of nitrogens with one attached hydrogen (secondary N) is 1. The molecule has 2 N–H and O–H groups in total. The molecule has 0 bridgehead atoms. The molecule has 1 aromatic rings. The molecule has 2 atom stereocenters. The Balaban J connectivity index is 2.06. The molecule has 2 rings (SSSR count). The van der Waals surface area contributed by atoms with E-state index in [1.165, 1.54) is 0 Å². The fourth-order valence-electron chi connectivity index (χ4n) is 3.08. The standard InChI is InChI=1S/C19H28N2O4/c1-14(2)12-17(21-8-10-25-11-9-21)18(22)20-16(19(23)24)13-15-6-4-3-5-7-15/h3-7,14,16-17H,8-13H2,1-2H3,(H,20,22)(H,23,24). The van der Waals surface area contributed by atoms with Crippen molar-refractivity contribution >= 4 is 11.9 Å². The predicted molar refractivity (Wildman–Crippen MR) is 95.3 cm³/mol. The minimum Gasteiger partial charge on any atom is -0.480 e. The topological polar surface area (TPSA) is 78.9 Å². The van der Waals surface area contributed by atoms with Crippen molar-refractivity contribution in [1.29, 1.82) is 0 Å². The lowest BCUT2D eigenvalue weighted by molar-refractivity contribution is -0.143. The Morgan fingerprint density at radius 2 is 1.84 bits per heavy atom. The highest BCUT2D eigenvalue weighted by molar-refractivity contribution is 5.87. The third-order valence-electron chi connectivity index (χ3n) is 4.38. The van der Waals surface area contributed by atoms with Crippen LogP contribution in [0.1, 0.15) is 25.8 Å². The maximum absolute atomic E-state index is 12.8. The van der Waals surface area contributed by atoms with Crippen molar-refractivity contribution < 1.29 is 19.4 Å². The summed E-state index contributed by atoms with van der Waals surface area (Å²) < 4.78 is 5.37. The van der Waals surface area contributed by atoms with Gasteiger partial charge in [-0.2, -0.15) is 0 Å². The first kappa shape index (κ1) is 19.4. The number of nitrogens with zero attached hydrogens (tertiary/aromatic N) is 1. The Hall–Kier alpha value is -1.92. The molecule has 0 saturated carbocycles. The first-order chi connectivity index (χ1) is 12.0. The van der Waals surface area contributed by atoms with Crippen LogP contribution >= 0.6 is 0 Å². The van der Waals surface area contributed by atoms with Gasteiger partial charge in [-0.25, -0.2) is 4.79 Å². The fourth-order valence-corrected chi connectivity index (χ4v) is 3.08. The lowest BCUT2D eigenvalue weighted by atomic mass is 10.00. The van der Waals surface area contributed by atoms with E-state index in [4.69, 9.17) is 4.74 Å². The minimum absolute atomic E-state index is 0.209. The zero-order valence-electron chi connectivity index (χ0n) is 15.0. The summed E-state index contributed by atoms with van der Waals surface area (Å²) in [5.41, 5.74) is 0.891. The molecule has 6 nitrogen and oxygen atoms in total. The lowest BCUT2D eigenvalue weighted by Gasteiger charge is -2.35. The van der Waals surface area contributed by atoms with E-state index in [0.29, 0.717) is 38.6 Å². The van der Waals surface area contributed by atoms with Gasteiger partial charge in [-0.3, -0.25) is 9.69 Å². The summed E-state index contributed by atoms with van der Waals surface area (Å²) in [6, 6.07) is 8.11. The molecular formula is C19H28N2O4. The predicted octanol–water partition coefficient (Wildman–Crippen LogP) is 1.55. The van der Waals surface area contributed by atoms with Gasteiger partial charge in [-0.05, 0) is 17.9 Å². The number of carboxylic acid groups (broad SMARTS) is 1. The highest BCUT2D eigenvalue weighted by atomic mass is 16.5. The molecule has 1 heterocycles. The maximum atomic E-state index is 12.8. The number of carbonyl (C=O) groups is 2. The average molecular weight is 348 g/mol. The van der Waals surface area contributed by atoms with Crippen LogP contribution in [0.3, 0.4) is 0 Å². The molecule has 0 radical (unpaired) electrons. The van der Waals surface area contributed by atoms with Crippen LogP contribution in [0.4, 0.5) is 0 Å². The molecule has 6 heteroatoms. The largest absolute Gasteiger partial charge is 0.480 e. The van der Waals surface area contributed by atoms with Gasteiger partial charge < -0.3 is 15.2 Å². The molecule has 0 spiro atoms. The number of hydrogen-bond acceptors (Lipinski definition) is 4. The van der Waals surface area contributed by atoms with Gasteiger partial charge >= 0.3 is 5.97 Å². The monoisotopic (exact) mass is 348 g/mol. The van der Waals surface area contributed by atoms with Gasteiger partial charge in [0.25, 0.3) is 0 Å². The Labute approximate surface area is 149 Å². The summed E-state index contributed by atoms with van der Waals surface area (Å²) in [7, 11) is 0. The molecule has 1 aliphatic rings.